The van der Waals surface area contributed by atoms with Crippen LogP contribution in [-0.2, 0) is 15.8 Å². The molecule has 0 saturated carbocycles. The summed E-state index contributed by atoms with van der Waals surface area (Å²) in [6, 6.07) is 27.1. The summed E-state index contributed by atoms with van der Waals surface area (Å²) in [6.45, 7) is 3.83. The fourth-order valence-electron chi connectivity index (χ4n) is 3.49. The van der Waals surface area contributed by atoms with E-state index in [0.29, 0.717) is 11.3 Å². The predicted molar refractivity (Wildman–Crippen MR) is 149 cm³/mol. The molecule has 0 radical (unpaired) electrons. The van der Waals surface area contributed by atoms with Gasteiger partial charge in [0, 0.05) is 21.9 Å². The van der Waals surface area contributed by atoms with Gasteiger partial charge in [0.2, 0.25) is 0 Å². The van der Waals surface area contributed by atoms with Crippen LogP contribution in [0.3, 0.4) is 0 Å². The van der Waals surface area contributed by atoms with Crippen molar-refractivity contribution in [3.63, 3.8) is 0 Å². The van der Waals surface area contributed by atoms with Crippen LogP contribution >= 0.6 is 23.4 Å². The first kappa shape index (κ1) is 25.8. The molecule has 8 heteroatoms. The standard InChI is InChI=1S/C28H25ClN2O3S2/c1-19-8-12-24(13-9-19)36(33,34)31-27-15-11-22(17-25(27)29)28(32)30-26-14-10-21(16-20(26)2)18-35-23-6-4-3-5-7-23/h3-17,31H,18H2,1-2H3,(H,30,32). The molecule has 0 fully saturated rings. The topological polar surface area (TPSA) is 75.3 Å². The molecular formula is C28H25ClN2O3S2. The van der Waals surface area contributed by atoms with Crippen LogP contribution in [0, 0.1) is 13.8 Å². The second kappa shape index (κ2) is 11.2. The number of halogens is 1. The van der Waals surface area contributed by atoms with Crippen molar-refractivity contribution in [2.45, 2.75) is 29.4 Å². The number of amides is 1. The van der Waals surface area contributed by atoms with Gasteiger partial charge in [-0.25, -0.2) is 8.42 Å². The van der Waals surface area contributed by atoms with Gasteiger partial charge in [-0.05, 0) is 73.5 Å². The predicted octanol–water partition coefficient (Wildman–Crippen LogP) is 7.30. The molecule has 0 atom stereocenters. The van der Waals surface area contributed by atoms with E-state index in [1.165, 1.54) is 35.2 Å². The van der Waals surface area contributed by atoms with E-state index in [1.54, 1.807) is 23.9 Å². The van der Waals surface area contributed by atoms with Gasteiger partial charge in [-0.1, -0.05) is 59.6 Å². The summed E-state index contributed by atoms with van der Waals surface area (Å²) in [5, 5.41) is 3.04. The van der Waals surface area contributed by atoms with Crippen LogP contribution < -0.4 is 10.0 Å². The number of hydrogen-bond acceptors (Lipinski definition) is 4. The van der Waals surface area contributed by atoms with Crippen LogP contribution in [0.4, 0.5) is 11.4 Å². The first-order valence-corrected chi connectivity index (χ1v) is 14.0. The van der Waals surface area contributed by atoms with Crippen LogP contribution in [0.1, 0.15) is 27.0 Å². The lowest BCUT2D eigenvalue weighted by Crippen LogP contribution is -2.15. The van der Waals surface area contributed by atoms with Gasteiger partial charge in [-0.2, -0.15) is 0 Å². The molecule has 0 unspecified atom stereocenters. The molecule has 0 saturated heterocycles. The van der Waals surface area contributed by atoms with Crippen LogP contribution in [-0.4, -0.2) is 14.3 Å². The van der Waals surface area contributed by atoms with Gasteiger partial charge < -0.3 is 5.32 Å². The number of carbonyl (C=O) groups is 1. The highest BCUT2D eigenvalue weighted by Gasteiger charge is 2.17. The van der Waals surface area contributed by atoms with Gasteiger partial charge in [-0.15, -0.1) is 11.8 Å². The minimum Gasteiger partial charge on any atom is -0.322 e. The van der Waals surface area contributed by atoms with E-state index in [1.807, 2.05) is 44.2 Å². The largest absolute Gasteiger partial charge is 0.322 e. The molecule has 4 aromatic rings. The summed E-state index contributed by atoms with van der Waals surface area (Å²) in [4.78, 5) is 14.2. The van der Waals surface area contributed by atoms with Crippen molar-refractivity contribution in [2.24, 2.45) is 0 Å². The minimum atomic E-state index is -3.80. The monoisotopic (exact) mass is 536 g/mol. The molecule has 0 bridgehead atoms. The summed E-state index contributed by atoms with van der Waals surface area (Å²) >= 11 is 8.08. The number of anilines is 2. The highest BCUT2D eigenvalue weighted by Crippen LogP contribution is 2.28. The molecule has 4 rings (SSSR count). The highest BCUT2D eigenvalue weighted by atomic mass is 35.5. The van der Waals surface area contributed by atoms with Crippen LogP contribution in [0.5, 0.6) is 0 Å². The Bertz CT molecular complexity index is 1490. The zero-order valence-electron chi connectivity index (χ0n) is 19.8. The van der Waals surface area contributed by atoms with E-state index in [-0.39, 0.29) is 21.5 Å². The van der Waals surface area contributed by atoms with E-state index in [4.69, 9.17) is 11.6 Å². The van der Waals surface area contributed by atoms with E-state index in [9.17, 15) is 13.2 Å². The smallest absolute Gasteiger partial charge is 0.261 e. The van der Waals surface area contributed by atoms with Gasteiger partial charge >= 0.3 is 0 Å². The van der Waals surface area contributed by atoms with Gasteiger partial charge in [0.1, 0.15) is 0 Å². The van der Waals surface area contributed by atoms with Crippen LogP contribution in [0.2, 0.25) is 5.02 Å². The van der Waals surface area contributed by atoms with Gasteiger partial charge in [0.05, 0.1) is 15.6 Å². The number of rotatable bonds is 8. The van der Waals surface area contributed by atoms with Gasteiger partial charge in [0.25, 0.3) is 15.9 Å². The third-order valence-electron chi connectivity index (χ3n) is 5.49. The number of carbonyl (C=O) groups excluding carboxylic acids is 1. The lowest BCUT2D eigenvalue weighted by atomic mass is 10.1. The van der Waals surface area contributed by atoms with Crippen molar-refractivity contribution in [2.75, 3.05) is 10.0 Å². The Labute approximate surface area is 221 Å². The first-order chi connectivity index (χ1) is 17.2. The molecule has 184 valence electrons. The van der Waals surface area contributed by atoms with E-state index >= 15 is 0 Å². The Kier molecular flexibility index (Phi) is 8.04. The van der Waals surface area contributed by atoms with E-state index in [0.717, 1.165) is 22.4 Å². The fraction of sp³-hybridized carbons (Fsp3) is 0.107. The van der Waals surface area contributed by atoms with Crippen molar-refractivity contribution in [1.82, 2.24) is 0 Å². The molecule has 1 amide bonds. The first-order valence-electron chi connectivity index (χ1n) is 11.2. The SMILES string of the molecule is Cc1ccc(S(=O)(=O)Nc2ccc(C(=O)Nc3ccc(CSc4ccccc4)cc3C)cc2Cl)cc1. The number of aryl methyl sites for hydroxylation is 2. The maximum absolute atomic E-state index is 12.9. The van der Waals surface area contributed by atoms with Crippen molar-refractivity contribution >= 4 is 50.7 Å². The molecule has 4 aromatic carbocycles. The van der Waals surface area contributed by atoms with Gasteiger partial charge in [-0.3, -0.25) is 9.52 Å². The number of nitrogens with one attached hydrogen (secondary N) is 2. The normalized spacial score (nSPS) is 11.2. The molecule has 0 aliphatic rings. The third kappa shape index (κ3) is 6.49. The Hall–Kier alpha value is -3.26. The highest BCUT2D eigenvalue weighted by molar-refractivity contribution is 7.98. The Morgan fingerprint density at radius 2 is 1.56 bits per heavy atom. The average Bonchev–Trinajstić information content (AvgIpc) is 2.86. The molecule has 36 heavy (non-hydrogen) atoms. The lowest BCUT2D eigenvalue weighted by Gasteiger charge is -2.13. The number of sulfonamides is 1. The molecule has 0 aliphatic heterocycles. The summed E-state index contributed by atoms with van der Waals surface area (Å²) in [6.07, 6.45) is 0. The summed E-state index contributed by atoms with van der Waals surface area (Å²) in [5.74, 6) is 0.494. The second-order valence-corrected chi connectivity index (χ2v) is 11.5. The summed E-state index contributed by atoms with van der Waals surface area (Å²) in [7, 11) is -3.80. The molecule has 5 nitrogen and oxygen atoms in total. The third-order valence-corrected chi connectivity index (χ3v) is 8.27. The molecule has 0 aromatic heterocycles. The van der Waals surface area contributed by atoms with Crippen molar-refractivity contribution in [1.29, 1.82) is 0 Å². The van der Waals surface area contributed by atoms with Crippen LogP contribution in [0.15, 0.2) is 101 Å². The van der Waals surface area contributed by atoms with Gasteiger partial charge in [0.15, 0.2) is 0 Å². The Morgan fingerprint density at radius 1 is 0.861 bits per heavy atom. The summed E-state index contributed by atoms with van der Waals surface area (Å²) in [5.41, 5.74) is 4.29. The molecule has 2 N–H and O–H groups in total. The fourth-order valence-corrected chi connectivity index (χ4v) is 5.72. The van der Waals surface area contributed by atoms with E-state index in [2.05, 4.69) is 28.2 Å². The number of thioether (sulfide) groups is 1. The minimum absolute atomic E-state index is 0.128. The Balaban J connectivity index is 1.42. The quantitative estimate of drug-likeness (QED) is 0.232. The lowest BCUT2D eigenvalue weighted by molar-refractivity contribution is 0.102. The van der Waals surface area contributed by atoms with Crippen molar-refractivity contribution < 1.29 is 13.2 Å². The zero-order valence-corrected chi connectivity index (χ0v) is 22.2. The molecule has 0 spiro atoms. The van der Waals surface area contributed by atoms with Crippen LogP contribution in [0.25, 0.3) is 0 Å². The maximum Gasteiger partial charge on any atom is 0.261 e. The molecular weight excluding hydrogens is 512 g/mol. The summed E-state index contributed by atoms with van der Waals surface area (Å²) < 4.78 is 27.8. The molecule has 0 heterocycles. The van der Waals surface area contributed by atoms with E-state index < -0.39 is 10.0 Å². The maximum atomic E-state index is 12.9. The number of benzene rings is 4. The molecule has 0 aliphatic carbocycles. The number of hydrogen-bond donors (Lipinski definition) is 2. The average molecular weight is 537 g/mol. The Morgan fingerprint density at radius 3 is 2.22 bits per heavy atom. The van der Waals surface area contributed by atoms with Crippen molar-refractivity contribution in [3.8, 4) is 0 Å². The second-order valence-electron chi connectivity index (χ2n) is 8.32. The zero-order chi connectivity index (χ0) is 25.7. The van der Waals surface area contributed by atoms with Crippen molar-refractivity contribution in [3.05, 3.63) is 118 Å².